The predicted octanol–water partition coefficient (Wildman–Crippen LogP) is 2.77. The van der Waals surface area contributed by atoms with Crippen LogP contribution in [-0.2, 0) is 12.8 Å². The van der Waals surface area contributed by atoms with E-state index in [0.29, 0.717) is 5.69 Å². The number of nitrogens with zero attached hydrogens (tertiary/aromatic N) is 3. The zero-order valence-corrected chi connectivity index (χ0v) is 15.7. The number of hydrogen-bond donors (Lipinski definition) is 2. The van der Waals surface area contributed by atoms with Crippen molar-refractivity contribution in [3.8, 4) is 16.9 Å². The maximum atomic E-state index is 12.8. The van der Waals surface area contributed by atoms with Crippen LogP contribution in [0.15, 0.2) is 53.5 Å². The molecule has 1 aliphatic rings. The van der Waals surface area contributed by atoms with Gasteiger partial charge in [0.2, 0.25) is 0 Å². The third kappa shape index (κ3) is 2.92. The van der Waals surface area contributed by atoms with Crippen LogP contribution < -0.4 is 10.9 Å². The summed E-state index contributed by atoms with van der Waals surface area (Å²) in [6.45, 7) is 3.89. The lowest BCUT2D eigenvalue weighted by molar-refractivity contribution is 0.708. The largest absolute Gasteiger partial charge is 0.358 e. The van der Waals surface area contributed by atoms with E-state index in [-0.39, 0.29) is 5.56 Å². The summed E-state index contributed by atoms with van der Waals surface area (Å²) in [5, 5.41) is 12.9. The van der Waals surface area contributed by atoms with Gasteiger partial charge in [0, 0.05) is 47.4 Å². The minimum atomic E-state index is -0.0865. The molecule has 0 unspecified atom stereocenters. The molecule has 0 spiro atoms. The Hall–Kier alpha value is -3.25. The third-order valence-electron chi connectivity index (χ3n) is 5.37. The van der Waals surface area contributed by atoms with E-state index >= 15 is 0 Å². The number of aryl methyl sites for hydroxylation is 1. The van der Waals surface area contributed by atoms with Crippen molar-refractivity contribution in [2.45, 2.75) is 19.8 Å². The molecule has 2 N–H and O–H groups in total. The minimum Gasteiger partial charge on any atom is -0.358 e. The van der Waals surface area contributed by atoms with E-state index < -0.39 is 0 Å². The summed E-state index contributed by atoms with van der Waals surface area (Å²) in [6.07, 6.45) is 3.84. The number of hydrogen-bond acceptors (Lipinski definition) is 4. The molecule has 5 rings (SSSR count). The lowest BCUT2D eigenvalue weighted by Crippen LogP contribution is -2.17. The molecule has 0 amide bonds. The Labute approximate surface area is 162 Å². The van der Waals surface area contributed by atoms with Crippen LogP contribution in [0.3, 0.4) is 0 Å². The van der Waals surface area contributed by atoms with Crippen LogP contribution in [0, 0.1) is 6.92 Å². The molecule has 0 fully saturated rings. The van der Waals surface area contributed by atoms with E-state index in [0.717, 1.165) is 48.4 Å². The van der Waals surface area contributed by atoms with Crippen LogP contribution in [0.4, 0.5) is 0 Å². The fourth-order valence-corrected chi connectivity index (χ4v) is 3.90. The number of fused-ring (bicyclic) bond motifs is 3. The van der Waals surface area contributed by atoms with E-state index in [1.807, 2.05) is 31.2 Å². The van der Waals surface area contributed by atoms with Crippen LogP contribution in [0.25, 0.3) is 27.8 Å². The van der Waals surface area contributed by atoms with Crippen LogP contribution >= 0.6 is 0 Å². The van der Waals surface area contributed by atoms with E-state index in [2.05, 4.69) is 32.6 Å². The standard InChI is InChI=1S/C22H21N5O/c1-14-2-5-19(26-25-14)15-8-11-27(22(28)12-15)16-3-4-17-18-6-9-23-10-7-20(18)24-21(17)13-16/h2-5,8,11-13,23-24H,6-7,9-10H2,1H3. The molecule has 3 aromatic heterocycles. The monoisotopic (exact) mass is 371 g/mol. The van der Waals surface area contributed by atoms with Gasteiger partial charge in [-0.25, -0.2) is 0 Å². The van der Waals surface area contributed by atoms with E-state index in [1.165, 1.54) is 16.6 Å². The molecule has 1 aromatic carbocycles. The minimum absolute atomic E-state index is 0.0865. The average molecular weight is 371 g/mol. The van der Waals surface area contributed by atoms with E-state index in [4.69, 9.17) is 0 Å². The topological polar surface area (TPSA) is 75.6 Å². The molecule has 0 bridgehead atoms. The van der Waals surface area contributed by atoms with Crippen LogP contribution in [0.5, 0.6) is 0 Å². The van der Waals surface area contributed by atoms with Crippen molar-refractivity contribution >= 4 is 10.9 Å². The molecular weight excluding hydrogens is 350 g/mol. The van der Waals surface area contributed by atoms with Gasteiger partial charge >= 0.3 is 0 Å². The van der Waals surface area contributed by atoms with Gasteiger partial charge in [0.05, 0.1) is 17.1 Å². The van der Waals surface area contributed by atoms with Gasteiger partial charge in [-0.2, -0.15) is 10.2 Å². The maximum absolute atomic E-state index is 12.8. The predicted molar refractivity (Wildman–Crippen MR) is 110 cm³/mol. The second-order valence-electron chi connectivity index (χ2n) is 7.25. The van der Waals surface area contributed by atoms with Crippen LogP contribution in [-0.4, -0.2) is 32.8 Å². The van der Waals surface area contributed by atoms with Gasteiger partial charge in [-0.05, 0) is 55.8 Å². The molecular formula is C22H21N5O. The first-order valence-corrected chi connectivity index (χ1v) is 9.57. The Morgan fingerprint density at radius 1 is 1.00 bits per heavy atom. The molecule has 0 atom stereocenters. The lowest BCUT2D eigenvalue weighted by atomic mass is 10.1. The molecule has 140 valence electrons. The molecule has 1 aliphatic heterocycles. The second-order valence-corrected chi connectivity index (χ2v) is 7.25. The fourth-order valence-electron chi connectivity index (χ4n) is 3.90. The molecule has 0 saturated carbocycles. The zero-order chi connectivity index (χ0) is 19.1. The first kappa shape index (κ1) is 16.9. The lowest BCUT2D eigenvalue weighted by Gasteiger charge is -2.08. The van der Waals surface area contributed by atoms with Crippen molar-refractivity contribution in [2.75, 3.05) is 13.1 Å². The number of rotatable bonds is 2. The van der Waals surface area contributed by atoms with Crippen molar-refractivity contribution in [3.63, 3.8) is 0 Å². The molecule has 4 aromatic rings. The zero-order valence-electron chi connectivity index (χ0n) is 15.7. The Balaban J connectivity index is 1.54. The van der Waals surface area contributed by atoms with Gasteiger partial charge in [-0.3, -0.25) is 9.36 Å². The van der Waals surface area contributed by atoms with Crippen molar-refractivity contribution in [1.29, 1.82) is 0 Å². The molecule has 6 heteroatoms. The average Bonchev–Trinajstić information content (AvgIpc) is 2.88. The highest BCUT2D eigenvalue weighted by atomic mass is 16.1. The number of nitrogens with one attached hydrogen (secondary N) is 2. The highest BCUT2D eigenvalue weighted by Gasteiger charge is 2.14. The van der Waals surface area contributed by atoms with Crippen molar-refractivity contribution in [2.24, 2.45) is 0 Å². The second kappa shape index (κ2) is 6.73. The summed E-state index contributed by atoms with van der Waals surface area (Å²) in [5.74, 6) is 0. The summed E-state index contributed by atoms with van der Waals surface area (Å²) < 4.78 is 1.66. The van der Waals surface area contributed by atoms with Gasteiger partial charge in [0.1, 0.15) is 0 Å². The number of benzene rings is 1. The molecule has 6 nitrogen and oxygen atoms in total. The van der Waals surface area contributed by atoms with Gasteiger partial charge in [0.25, 0.3) is 5.56 Å². The summed E-state index contributed by atoms with van der Waals surface area (Å²) in [4.78, 5) is 16.3. The summed E-state index contributed by atoms with van der Waals surface area (Å²) >= 11 is 0. The van der Waals surface area contributed by atoms with Crippen LogP contribution in [0.1, 0.15) is 17.0 Å². The smallest absolute Gasteiger partial charge is 0.255 e. The highest BCUT2D eigenvalue weighted by molar-refractivity contribution is 5.86. The molecule has 0 radical (unpaired) electrons. The quantitative estimate of drug-likeness (QED) is 0.568. The summed E-state index contributed by atoms with van der Waals surface area (Å²) in [6, 6.07) is 13.5. The Morgan fingerprint density at radius 2 is 1.89 bits per heavy atom. The van der Waals surface area contributed by atoms with Crippen molar-refractivity contribution < 1.29 is 0 Å². The molecule has 4 heterocycles. The maximum Gasteiger partial charge on any atom is 0.255 e. The number of aromatic nitrogens is 4. The Bertz CT molecular complexity index is 1220. The SMILES string of the molecule is Cc1ccc(-c2ccn(-c3ccc4c5c([nH]c4c3)CCNCC5)c(=O)c2)nn1. The molecule has 0 aliphatic carbocycles. The van der Waals surface area contributed by atoms with Gasteiger partial charge in [-0.15, -0.1) is 0 Å². The highest BCUT2D eigenvalue weighted by Crippen LogP contribution is 2.26. The van der Waals surface area contributed by atoms with Crippen LogP contribution in [0.2, 0.25) is 0 Å². The third-order valence-corrected chi connectivity index (χ3v) is 5.37. The van der Waals surface area contributed by atoms with Gasteiger partial charge in [0.15, 0.2) is 0 Å². The normalized spacial score (nSPS) is 14.0. The van der Waals surface area contributed by atoms with E-state index in [1.54, 1.807) is 16.8 Å². The fraction of sp³-hybridized carbons (Fsp3) is 0.227. The van der Waals surface area contributed by atoms with Gasteiger partial charge < -0.3 is 10.3 Å². The number of pyridine rings is 1. The molecule has 28 heavy (non-hydrogen) atoms. The number of H-pyrrole nitrogens is 1. The summed E-state index contributed by atoms with van der Waals surface area (Å²) in [5.41, 5.74) is 6.88. The molecule has 0 saturated heterocycles. The first-order valence-electron chi connectivity index (χ1n) is 9.57. The number of aromatic amines is 1. The van der Waals surface area contributed by atoms with Crippen molar-refractivity contribution in [1.82, 2.24) is 25.1 Å². The van der Waals surface area contributed by atoms with Crippen molar-refractivity contribution in [3.05, 3.63) is 76.0 Å². The van der Waals surface area contributed by atoms with E-state index in [9.17, 15) is 4.79 Å². The van der Waals surface area contributed by atoms with Gasteiger partial charge in [-0.1, -0.05) is 6.07 Å². The summed E-state index contributed by atoms with van der Waals surface area (Å²) in [7, 11) is 0. The Morgan fingerprint density at radius 3 is 2.71 bits per heavy atom. The Kier molecular flexibility index (Phi) is 4.06. The first-order chi connectivity index (χ1) is 13.7.